The number of nitrogens with zero attached hydrogens (tertiary/aromatic N) is 1. The molecular formula is C76H129NO8. The fourth-order valence-electron chi connectivity index (χ4n) is 9.41. The van der Waals surface area contributed by atoms with Crippen molar-refractivity contribution in [1.82, 2.24) is 0 Å². The van der Waals surface area contributed by atoms with Crippen LogP contribution in [0.15, 0.2) is 122 Å². The maximum absolute atomic E-state index is 12.9. The molecule has 0 bridgehead atoms. The molecule has 0 spiro atoms. The number of carbonyl (C=O) groups excluding carboxylic acids is 3. The van der Waals surface area contributed by atoms with E-state index in [9.17, 15) is 19.5 Å². The molecule has 0 radical (unpaired) electrons. The second kappa shape index (κ2) is 65.7. The smallest absolute Gasteiger partial charge is 0.306 e. The maximum Gasteiger partial charge on any atom is 0.306 e. The lowest BCUT2D eigenvalue weighted by Crippen LogP contribution is -2.44. The first-order valence-corrected chi connectivity index (χ1v) is 34.7. The first kappa shape index (κ1) is 80.7. The molecule has 0 aromatic heterocycles. The van der Waals surface area contributed by atoms with Gasteiger partial charge in [0.05, 0.1) is 40.3 Å². The van der Waals surface area contributed by atoms with Gasteiger partial charge in [0, 0.05) is 12.8 Å². The number of allylic oxidation sites excluding steroid dienone is 20. The number of likely N-dealkylation sites (N-methyl/N-ethyl adjacent to an activating group) is 1. The zero-order valence-corrected chi connectivity index (χ0v) is 55.4. The molecular weight excluding hydrogens is 1050 g/mol. The Labute approximate surface area is 523 Å². The first-order valence-electron chi connectivity index (χ1n) is 34.7. The zero-order chi connectivity index (χ0) is 61.9. The molecule has 9 nitrogen and oxygen atoms in total. The Morgan fingerprint density at radius 2 is 0.671 bits per heavy atom. The molecule has 0 saturated heterocycles. The summed E-state index contributed by atoms with van der Waals surface area (Å²) in [7, 11) is 5.92. The minimum absolute atomic E-state index is 0.142. The number of ether oxygens (including phenoxy) is 4. The quantitative estimate of drug-likeness (QED) is 0.0195. The normalized spacial score (nSPS) is 13.5. The maximum atomic E-state index is 12.9. The molecule has 0 aliphatic rings. The number of carboxylic acids is 1. The predicted octanol–water partition coefficient (Wildman–Crippen LogP) is 20.2. The van der Waals surface area contributed by atoms with Crippen LogP contribution in [-0.4, -0.2) is 82.3 Å². The van der Waals surface area contributed by atoms with Crippen molar-refractivity contribution < 1.29 is 42.9 Å². The fourth-order valence-corrected chi connectivity index (χ4v) is 9.41. The molecule has 85 heavy (non-hydrogen) atoms. The van der Waals surface area contributed by atoms with Crippen LogP contribution >= 0.6 is 0 Å². The van der Waals surface area contributed by atoms with Gasteiger partial charge in [0.2, 0.25) is 0 Å². The topological polar surface area (TPSA) is 111 Å². The number of unbranched alkanes of at least 4 members (excludes halogenated alkanes) is 28. The number of rotatable bonds is 63. The summed E-state index contributed by atoms with van der Waals surface area (Å²) in [6, 6.07) is 0. The fraction of sp³-hybridized carbons (Fsp3) is 0.697. The Bertz CT molecular complexity index is 1810. The summed E-state index contributed by atoms with van der Waals surface area (Å²) in [4.78, 5) is 37.5. The van der Waals surface area contributed by atoms with Gasteiger partial charge in [-0.25, -0.2) is 0 Å². The monoisotopic (exact) mass is 1180 g/mol. The lowest BCUT2D eigenvalue weighted by atomic mass is 10.0. The van der Waals surface area contributed by atoms with E-state index < -0.39 is 24.3 Å². The van der Waals surface area contributed by atoms with E-state index >= 15 is 0 Å². The van der Waals surface area contributed by atoms with Crippen LogP contribution in [0.25, 0.3) is 0 Å². The van der Waals surface area contributed by atoms with Crippen LogP contribution in [-0.2, 0) is 33.3 Å². The number of esters is 2. The van der Waals surface area contributed by atoms with E-state index in [1.165, 1.54) is 148 Å². The van der Waals surface area contributed by atoms with Crippen LogP contribution in [0.3, 0.4) is 0 Å². The Kier molecular flexibility index (Phi) is 62.3. The van der Waals surface area contributed by atoms with E-state index in [0.29, 0.717) is 17.4 Å². The van der Waals surface area contributed by atoms with Gasteiger partial charge in [0.15, 0.2) is 12.4 Å². The highest BCUT2D eigenvalue weighted by Gasteiger charge is 2.22. The molecule has 9 heteroatoms. The van der Waals surface area contributed by atoms with Crippen molar-refractivity contribution in [3.8, 4) is 0 Å². The number of carbonyl (C=O) groups is 3. The lowest BCUT2D eigenvalue weighted by Gasteiger charge is -2.26. The van der Waals surface area contributed by atoms with E-state index in [1.54, 1.807) is 0 Å². The van der Waals surface area contributed by atoms with Gasteiger partial charge in [0.1, 0.15) is 13.2 Å². The molecule has 2 unspecified atom stereocenters. The van der Waals surface area contributed by atoms with Gasteiger partial charge in [-0.3, -0.25) is 9.59 Å². The standard InChI is InChI=1S/C76H129NO8/c1-6-8-10-12-14-16-18-20-22-24-26-28-30-31-32-33-34-35-36-37-38-39-40-41-42-43-45-47-49-51-53-55-57-59-61-63-65-67-74(79)85-72(71-84-76(75(80)81)82-69-68-77(3,4)5)70-83-73(78)66-64-62-60-58-56-54-52-50-48-46-44-29-27-25-23-21-19-17-15-13-11-9-7-2/h8,10,14,16,20,22,25-28,31-32,34-35,37-38,40-41,43,45,72,76H,6-7,9,11-13,15,17-19,21,23-24,29-30,33,36,39,42,44,46-71H2,1-5H3/b10-8-,16-14-,22-20-,27-25-,28-26-,32-31-,35-34-,38-37-,41-40-,45-43-. The van der Waals surface area contributed by atoms with Crippen LogP contribution in [0.2, 0.25) is 0 Å². The molecule has 0 fully saturated rings. The van der Waals surface area contributed by atoms with Crippen LogP contribution < -0.4 is 5.11 Å². The third kappa shape index (κ3) is 67.1. The van der Waals surface area contributed by atoms with Crippen LogP contribution in [0.5, 0.6) is 0 Å². The SMILES string of the molecule is CC/C=C\C/C=C\C/C=C\C/C=C\C/C=C\C/C=C\C/C=C\C/C=C\C/C=C\CCCCCCCCCCCC(=O)OC(COC(=O)CCCCCCCCCCCCC/C=C\CCCCCCCCCC)COC(OCC[N+](C)(C)C)C(=O)[O-]. The highest BCUT2D eigenvalue weighted by molar-refractivity contribution is 5.70. The van der Waals surface area contributed by atoms with Crippen molar-refractivity contribution in [3.63, 3.8) is 0 Å². The average molecular weight is 1180 g/mol. The molecule has 486 valence electrons. The van der Waals surface area contributed by atoms with Gasteiger partial charge >= 0.3 is 11.9 Å². The van der Waals surface area contributed by atoms with Gasteiger partial charge < -0.3 is 33.3 Å². The molecule has 0 aromatic carbocycles. The Balaban J connectivity index is 4.17. The second-order valence-corrected chi connectivity index (χ2v) is 24.1. The van der Waals surface area contributed by atoms with Gasteiger partial charge in [-0.1, -0.05) is 283 Å². The predicted molar refractivity (Wildman–Crippen MR) is 361 cm³/mol. The number of hydrogen-bond donors (Lipinski definition) is 0. The summed E-state index contributed by atoms with van der Waals surface area (Å²) in [5.41, 5.74) is 0. The van der Waals surface area contributed by atoms with Crippen molar-refractivity contribution in [2.75, 3.05) is 47.5 Å². The minimum Gasteiger partial charge on any atom is -0.545 e. The molecule has 0 saturated carbocycles. The van der Waals surface area contributed by atoms with Gasteiger partial charge in [-0.15, -0.1) is 0 Å². The molecule has 0 aromatic rings. The molecule has 0 aliphatic heterocycles. The Morgan fingerprint density at radius 3 is 1.01 bits per heavy atom. The zero-order valence-electron chi connectivity index (χ0n) is 55.4. The average Bonchev–Trinajstić information content (AvgIpc) is 3.48. The largest absolute Gasteiger partial charge is 0.545 e. The third-order valence-corrected chi connectivity index (χ3v) is 14.7. The van der Waals surface area contributed by atoms with Crippen LogP contribution in [0, 0.1) is 0 Å². The molecule has 2 atom stereocenters. The van der Waals surface area contributed by atoms with Gasteiger partial charge in [-0.05, 0) is 109 Å². The van der Waals surface area contributed by atoms with Crippen molar-refractivity contribution in [3.05, 3.63) is 122 Å². The van der Waals surface area contributed by atoms with Crippen molar-refractivity contribution in [2.45, 2.75) is 296 Å². The molecule has 0 N–H and O–H groups in total. The van der Waals surface area contributed by atoms with Crippen LogP contribution in [0.4, 0.5) is 0 Å². The minimum atomic E-state index is -1.63. The summed E-state index contributed by atoms with van der Waals surface area (Å²) in [6.07, 6.45) is 89.8. The Morgan fingerprint density at radius 1 is 0.365 bits per heavy atom. The number of carboxylic acid groups (broad SMARTS) is 1. The van der Waals surface area contributed by atoms with E-state index in [1.807, 2.05) is 21.1 Å². The molecule has 0 rings (SSSR count). The lowest BCUT2D eigenvalue weighted by molar-refractivity contribution is -0.870. The van der Waals surface area contributed by atoms with Gasteiger partial charge in [0.25, 0.3) is 0 Å². The highest BCUT2D eigenvalue weighted by atomic mass is 16.7. The number of hydrogen-bond acceptors (Lipinski definition) is 8. The molecule has 0 amide bonds. The Hall–Kier alpha value is -4.31. The molecule has 0 aliphatic carbocycles. The van der Waals surface area contributed by atoms with E-state index in [2.05, 4.69) is 135 Å². The summed E-state index contributed by atoms with van der Waals surface area (Å²) in [5.74, 6) is -2.29. The van der Waals surface area contributed by atoms with E-state index in [0.717, 1.165) is 103 Å². The van der Waals surface area contributed by atoms with Crippen molar-refractivity contribution in [2.24, 2.45) is 0 Å². The summed E-state index contributed by atoms with van der Waals surface area (Å²) >= 11 is 0. The van der Waals surface area contributed by atoms with E-state index in [4.69, 9.17) is 18.9 Å². The second-order valence-electron chi connectivity index (χ2n) is 24.1. The van der Waals surface area contributed by atoms with E-state index in [-0.39, 0.29) is 38.6 Å². The molecule has 0 heterocycles. The van der Waals surface area contributed by atoms with Gasteiger partial charge in [-0.2, -0.15) is 0 Å². The van der Waals surface area contributed by atoms with Crippen molar-refractivity contribution >= 4 is 17.9 Å². The summed E-state index contributed by atoms with van der Waals surface area (Å²) in [6.45, 7) is 4.64. The summed E-state index contributed by atoms with van der Waals surface area (Å²) < 4.78 is 22.8. The first-order chi connectivity index (χ1) is 41.6. The third-order valence-electron chi connectivity index (χ3n) is 14.7. The summed E-state index contributed by atoms with van der Waals surface area (Å²) in [5, 5.41) is 11.8. The highest BCUT2D eigenvalue weighted by Crippen LogP contribution is 2.16. The number of quaternary nitrogens is 1. The van der Waals surface area contributed by atoms with Crippen LogP contribution in [0.1, 0.15) is 284 Å². The van der Waals surface area contributed by atoms with Crippen molar-refractivity contribution in [1.29, 1.82) is 0 Å². The number of aliphatic carboxylic acids is 1.